The van der Waals surface area contributed by atoms with Crippen LogP contribution in [0.3, 0.4) is 0 Å². The molecular weight excluding hydrogens is 244 g/mol. The van der Waals surface area contributed by atoms with Crippen LogP contribution in [0.15, 0.2) is 24.4 Å². The van der Waals surface area contributed by atoms with Crippen molar-refractivity contribution in [1.29, 1.82) is 0 Å². The normalized spacial score (nSPS) is 16.2. The number of aliphatic hydroxyl groups is 1. The molecule has 0 atom stereocenters. The van der Waals surface area contributed by atoms with E-state index in [0.29, 0.717) is 6.54 Å². The van der Waals surface area contributed by atoms with Crippen molar-refractivity contribution in [3.8, 4) is 0 Å². The van der Waals surface area contributed by atoms with E-state index in [0.717, 1.165) is 31.7 Å². The van der Waals surface area contributed by atoms with Gasteiger partial charge in [-0.2, -0.15) is 0 Å². The Morgan fingerprint density at radius 1 is 1.42 bits per heavy atom. The molecule has 3 N–H and O–H groups in total. The number of amides is 2. The number of pyridine rings is 1. The molecule has 2 amide bonds. The molecule has 0 unspecified atom stereocenters. The number of hydrogen-bond donors (Lipinski definition) is 3. The van der Waals surface area contributed by atoms with Gasteiger partial charge in [-0.25, -0.2) is 9.78 Å². The third-order valence-electron chi connectivity index (χ3n) is 3.20. The third kappa shape index (κ3) is 4.10. The molecular formula is C13H20N4O2. The van der Waals surface area contributed by atoms with E-state index in [1.807, 2.05) is 18.2 Å². The van der Waals surface area contributed by atoms with Crippen LogP contribution in [-0.2, 0) is 0 Å². The van der Waals surface area contributed by atoms with Gasteiger partial charge in [-0.15, -0.1) is 0 Å². The lowest BCUT2D eigenvalue weighted by Crippen LogP contribution is -2.48. The summed E-state index contributed by atoms with van der Waals surface area (Å²) in [7, 11) is 0. The van der Waals surface area contributed by atoms with Gasteiger partial charge in [-0.05, 0) is 25.0 Å². The Balaban J connectivity index is 1.75. The van der Waals surface area contributed by atoms with Crippen LogP contribution in [0.4, 0.5) is 10.6 Å². The highest BCUT2D eigenvalue weighted by atomic mass is 16.3. The van der Waals surface area contributed by atoms with Crippen molar-refractivity contribution in [2.24, 2.45) is 0 Å². The smallest absolute Gasteiger partial charge is 0.315 e. The van der Waals surface area contributed by atoms with Gasteiger partial charge in [0.25, 0.3) is 0 Å². The maximum atomic E-state index is 11.5. The Morgan fingerprint density at radius 3 is 2.84 bits per heavy atom. The predicted molar refractivity (Wildman–Crippen MR) is 73.1 cm³/mol. The van der Waals surface area contributed by atoms with Crippen LogP contribution in [0.5, 0.6) is 0 Å². The van der Waals surface area contributed by atoms with Crippen molar-refractivity contribution in [2.75, 3.05) is 31.1 Å². The average Bonchev–Trinajstić information content (AvgIpc) is 2.47. The van der Waals surface area contributed by atoms with E-state index >= 15 is 0 Å². The standard InChI is InChI=1S/C13H20N4O2/c18-10-7-15-13(19)16-11-4-8-17(9-5-11)12-3-1-2-6-14-12/h1-3,6,11,18H,4-5,7-10H2,(H2,15,16,19). The number of piperidine rings is 1. The first-order valence-corrected chi connectivity index (χ1v) is 6.61. The monoisotopic (exact) mass is 264 g/mol. The Labute approximate surface area is 112 Å². The van der Waals surface area contributed by atoms with Gasteiger partial charge in [0.1, 0.15) is 5.82 Å². The second-order valence-electron chi connectivity index (χ2n) is 4.57. The minimum absolute atomic E-state index is 0.0362. The fourth-order valence-corrected chi connectivity index (χ4v) is 2.20. The largest absolute Gasteiger partial charge is 0.395 e. The molecule has 6 nitrogen and oxygen atoms in total. The first kappa shape index (κ1) is 13.6. The van der Waals surface area contributed by atoms with Crippen LogP contribution in [0, 0.1) is 0 Å². The minimum atomic E-state index is -0.203. The quantitative estimate of drug-likeness (QED) is 0.733. The van der Waals surface area contributed by atoms with Crippen molar-refractivity contribution in [3.05, 3.63) is 24.4 Å². The van der Waals surface area contributed by atoms with E-state index < -0.39 is 0 Å². The lowest BCUT2D eigenvalue weighted by Gasteiger charge is -2.33. The summed E-state index contributed by atoms with van der Waals surface area (Å²) >= 11 is 0. The molecule has 1 fully saturated rings. The van der Waals surface area contributed by atoms with Gasteiger partial charge in [0.2, 0.25) is 0 Å². The number of aliphatic hydroxyl groups excluding tert-OH is 1. The highest BCUT2D eigenvalue weighted by Gasteiger charge is 2.21. The van der Waals surface area contributed by atoms with E-state index in [-0.39, 0.29) is 18.7 Å². The van der Waals surface area contributed by atoms with Crippen LogP contribution < -0.4 is 15.5 Å². The van der Waals surface area contributed by atoms with Crippen molar-refractivity contribution in [2.45, 2.75) is 18.9 Å². The Morgan fingerprint density at radius 2 is 2.21 bits per heavy atom. The molecule has 2 heterocycles. The molecule has 0 aliphatic carbocycles. The number of hydrogen-bond acceptors (Lipinski definition) is 4. The summed E-state index contributed by atoms with van der Waals surface area (Å²) in [6.45, 7) is 2.04. The van der Waals surface area contributed by atoms with Crippen LogP contribution in [0.1, 0.15) is 12.8 Å². The van der Waals surface area contributed by atoms with Crippen LogP contribution in [-0.4, -0.2) is 48.4 Å². The molecule has 0 bridgehead atoms. The number of carbonyl (C=O) groups excluding carboxylic acids is 1. The molecule has 1 aliphatic rings. The van der Waals surface area contributed by atoms with Gasteiger partial charge >= 0.3 is 6.03 Å². The average molecular weight is 264 g/mol. The molecule has 0 saturated carbocycles. The maximum absolute atomic E-state index is 11.5. The molecule has 2 rings (SSSR count). The molecule has 1 aromatic heterocycles. The maximum Gasteiger partial charge on any atom is 0.315 e. The molecule has 0 radical (unpaired) electrons. The fraction of sp³-hybridized carbons (Fsp3) is 0.538. The number of nitrogens with zero attached hydrogens (tertiary/aromatic N) is 2. The van der Waals surface area contributed by atoms with Crippen molar-refractivity contribution in [1.82, 2.24) is 15.6 Å². The topological polar surface area (TPSA) is 77.5 Å². The summed E-state index contributed by atoms with van der Waals surface area (Å²) < 4.78 is 0. The fourth-order valence-electron chi connectivity index (χ4n) is 2.20. The van der Waals surface area contributed by atoms with E-state index in [9.17, 15) is 4.79 Å². The number of rotatable bonds is 4. The zero-order chi connectivity index (χ0) is 13.5. The second-order valence-corrected chi connectivity index (χ2v) is 4.57. The lowest BCUT2D eigenvalue weighted by molar-refractivity contribution is 0.228. The van der Waals surface area contributed by atoms with Gasteiger partial charge in [0, 0.05) is 31.9 Å². The molecule has 6 heteroatoms. The predicted octanol–water partition coefficient (Wildman–Crippen LogP) is 0.342. The van der Waals surface area contributed by atoms with E-state index in [1.54, 1.807) is 6.20 Å². The Bertz CT molecular complexity index is 391. The molecule has 1 aromatic rings. The summed E-state index contributed by atoms with van der Waals surface area (Å²) in [6, 6.07) is 5.88. The number of carbonyl (C=O) groups is 1. The number of nitrogens with one attached hydrogen (secondary N) is 2. The summed E-state index contributed by atoms with van der Waals surface area (Å²) in [5, 5.41) is 14.1. The van der Waals surface area contributed by atoms with Gasteiger partial charge < -0.3 is 20.6 Å². The minimum Gasteiger partial charge on any atom is -0.395 e. The molecule has 0 aromatic carbocycles. The molecule has 1 aliphatic heterocycles. The SMILES string of the molecule is O=C(NCCO)NC1CCN(c2ccccn2)CC1. The van der Waals surface area contributed by atoms with Crippen molar-refractivity contribution in [3.63, 3.8) is 0 Å². The highest BCUT2D eigenvalue weighted by molar-refractivity contribution is 5.74. The molecule has 104 valence electrons. The summed E-state index contributed by atoms with van der Waals surface area (Å²) in [6.07, 6.45) is 3.61. The summed E-state index contributed by atoms with van der Waals surface area (Å²) in [4.78, 5) is 18.0. The highest BCUT2D eigenvalue weighted by Crippen LogP contribution is 2.16. The Hall–Kier alpha value is -1.82. The van der Waals surface area contributed by atoms with Crippen molar-refractivity contribution >= 4 is 11.8 Å². The van der Waals surface area contributed by atoms with Crippen LogP contribution >= 0.6 is 0 Å². The van der Waals surface area contributed by atoms with E-state index in [4.69, 9.17) is 5.11 Å². The molecule has 0 spiro atoms. The number of anilines is 1. The number of aromatic nitrogens is 1. The molecule has 19 heavy (non-hydrogen) atoms. The van der Waals surface area contributed by atoms with E-state index in [2.05, 4.69) is 20.5 Å². The molecule has 1 saturated heterocycles. The van der Waals surface area contributed by atoms with Gasteiger partial charge in [0.05, 0.1) is 6.61 Å². The second kappa shape index (κ2) is 6.94. The first-order valence-electron chi connectivity index (χ1n) is 6.61. The zero-order valence-electron chi connectivity index (χ0n) is 10.9. The number of urea groups is 1. The van der Waals surface area contributed by atoms with Gasteiger partial charge in [-0.1, -0.05) is 6.07 Å². The lowest BCUT2D eigenvalue weighted by atomic mass is 10.1. The van der Waals surface area contributed by atoms with Crippen molar-refractivity contribution < 1.29 is 9.90 Å². The van der Waals surface area contributed by atoms with Gasteiger partial charge in [0.15, 0.2) is 0 Å². The first-order chi connectivity index (χ1) is 9.29. The summed E-state index contributed by atoms with van der Waals surface area (Å²) in [5.41, 5.74) is 0. The zero-order valence-corrected chi connectivity index (χ0v) is 10.9. The summed E-state index contributed by atoms with van der Waals surface area (Å²) in [5.74, 6) is 0.991. The van der Waals surface area contributed by atoms with Gasteiger partial charge in [-0.3, -0.25) is 0 Å². The Kier molecular flexibility index (Phi) is 4.97. The van der Waals surface area contributed by atoms with Crippen LogP contribution in [0.2, 0.25) is 0 Å². The van der Waals surface area contributed by atoms with E-state index in [1.165, 1.54) is 0 Å². The third-order valence-corrected chi connectivity index (χ3v) is 3.20. The van der Waals surface area contributed by atoms with Crippen LogP contribution in [0.25, 0.3) is 0 Å².